The molecule has 0 aromatic heterocycles. The van der Waals surface area contributed by atoms with Crippen molar-refractivity contribution >= 4 is 23.9 Å². The van der Waals surface area contributed by atoms with Gasteiger partial charge in [0, 0.05) is 11.8 Å². The molecule has 0 radical (unpaired) electrons. The lowest BCUT2D eigenvalue weighted by atomic mass is 9.88. The Balaban J connectivity index is 2.19. The molecule has 0 aromatic carbocycles. The minimum absolute atomic E-state index is 0.000445. The van der Waals surface area contributed by atoms with Crippen LogP contribution in [0.2, 0.25) is 0 Å². The molecule has 0 heterocycles. The van der Waals surface area contributed by atoms with Crippen molar-refractivity contribution in [3.05, 3.63) is 0 Å². The Hall–Kier alpha value is -2.39. The SMILES string of the molecule is CCOC(=O)[C@@]1(F)[C@@H]2CC[C@](NC(=O)[C@@H](C)NC(=O)OC(C)(C)C)(C(=O)OCC)[C@@H]21. The summed E-state index contributed by atoms with van der Waals surface area (Å²) in [5, 5.41) is 4.94. The molecule has 30 heavy (non-hydrogen) atoms. The lowest BCUT2D eigenvalue weighted by Crippen LogP contribution is -2.61. The van der Waals surface area contributed by atoms with E-state index in [1.54, 1.807) is 34.6 Å². The normalized spacial score (nSPS) is 30.5. The number of nitrogens with one attached hydrogen (secondary N) is 2. The Morgan fingerprint density at radius 2 is 1.67 bits per heavy atom. The first-order valence-corrected chi connectivity index (χ1v) is 10.2. The number of alkyl halides is 1. The van der Waals surface area contributed by atoms with E-state index in [9.17, 15) is 19.2 Å². The van der Waals surface area contributed by atoms with Gasteiger partial charge in [0.15, 0.2) is 0 Å². The highest BCUT2D eigenvalue weighted by Crippen LogP contribution is 2.67. The number of carbonyl (C=O) groups is 4. The Kier molecular flexibility index (Phi) is 6.68. The van der Waals surface area contributed by atoms with Crippen molar-refractivity contribution in [1.29, 1.82) is 0 Å². The topological polar surface area (TPSA) is 120 Å². The fourth-order valence-corrected chi connectivity index (χ4v) is 4.12. The van der Waals surface area contributed by atoms with Crippen molar-refractivity contribution in [3.63, 3.8) is 0 Å². The molecule has 10 heteroatoms. The van der Waals surface area contributed by atoms with E-state index < -0.39 is 58.6 Å². The first-order valence-electron chi connectivity index (χ1n) is 10.2. The van der Waals surface area contributed by atoms with Gasteiger partial charge in [0.1, 0.15) is 17.2 Å². The molecule has 2 fully saturated rings. The van der Waals surface area contributed by atoms with E-state index in [1.807, 2.05) is 0 Å². The number of carbonyl (C=O) groups excluding carboxylic acids is 4. The summed E-state index contributed by atoms with van der Waals surface area (Å²) < 4.78 is 30.5. The summed E-state index contributed by atoms with van der Waals surface area (Å²) in [4.78, 5) is 49.6. The van der Waals surface area contributed by atoms with Crippen molar-refractivity contribution in [2.45, 2.75) is 77.2 Å². The summed E-state index contributed by atoms with van der Waals surface area (Å²) >= 11 is 0. The largest absolute Gasteiger partial charge is 0.464 e. The average molecular weight is 430 g/mol. The lowest BCUT2D eigenvalue weighted by molar-refractivity contribution is -0.159. The molecule has 2 aliphatic rings. The van der Waals surface area contributed by atoms with Gasteiger partial charge in [-0.1, -0.05) is 0 Å². The third-order valence-electron chi connectivity index (χ3n) is 5.37. The number of esters is 2. The quantitative estimate of drug-likeness (QED) is 0.465. The van der Waals surface area contributed by atoms with Gasteiger partial charge in [-0.15, -0.1) is 0 Å². The van der Waals surface area contributed by atoms with Crippen molar-refractivity contribution in [2.75, 3.05) is 13.2 Å². The zero-order valence-electron chi connectivity index (χ0n) is 18.3. The maximum Gasteiger partial charge on any atom is 0.408 e. The number of hydrogen-bond donors (Lipinski definition) is 2. The predicted octanol–water partition coefficient (Wildman–Crippen LogP) is 1.63. The monoisotopic (exact) mass is 430 g/mol. The molecule has 0 saturated heterocycles. The summed E-state index contributed by atoms with van der Waals surface area (Å²) in [5.41, 5.74) is -4.81. The van der Waals surface area contributed by atoms with Crippen molar-refractivity contribution < 1.29 is 37.8 Å². The first-order chi connectivity index (χ1) is 13.8. The summed E-state index contributed by atoms with van der Waals surface area (Å²) in [5.74, 6) is -4.38. The molecule has 2 amide bonds. The smallest absolute Gasteiger partial charge is 0.408 e. The zero-order valence-corrected chi connectivity index (χ0v) is 18.3. The van der Waals surface area contributed by atoms with Gasteiger partial charge < -0.3 is 24.8 Å². The van der Waals surface area contributed by atoms with E-state index in [0.717, 1.165) is 0 Å². The highest BCUT2D eigenvalue weighted by Gasteiger charge is 2.83. The van der Waals surface area contributed by atoms with Crippen LogP contribution in [0.15, 0.2) is 0 Å². The number of hydrogen-bond acceptors (Lipinski definition) is 7. The van der Waals surface area contributed by atoms with Crippen LogP contribution in [0.3, 0.4) is 0 Å². The molecular weight excluding hydrogens is 399 g/mol. The molecule has 0 bridgehead atoms. The predicted molar refractivity (Wildman–Crippen MR) is 103 cm³/mol. The van der Waals surface area contributed by atoms with Crippen LogP contribution < -0.4 is 10.6 Å². The van der Waals surface area contributed by atoms with Gasteiger partial charge in [-0.05, 0) is 54.4 Å². The van der Waals surface area contributed by atoms with Crippen molar-refractivity contribution in [2.24, 2.45) is 11.8 Å². The number of halogens is 1. The van der Waals surface area contributed by atoms with Crippen molar-refractivity contribution in [3.8, 4) is 0 Å². The van der Waals surface area contributed by atoms with Gasteiger partial charge in [-0.25, -0.2) is 18.8 Å². The second-order valence-corrected chi connectivity index (χ2v) is 8.66. The average Bonchev–Trinajstić information content (AvgIpc) is 3.03. The van der Waals surface area contributed by atoms with Crippen molar-refractivity contribution in [1.82, 2.24) is 10.6 Å². The number of amides is 2. The number of ether oxygens (including phenoxy) is 3. The fraction of sp³-hybridized carbons (Fsp3) is 0.800. The van der Waals surface area contributed by atoms with E-state index in [0.29, 0.717) is 0 Å². The van der Waals surface area contributed by atoms with E-state index in [1.165, 1.54) is 6.92 Å². The van der Waals surface area contributed by atoms with Crippen LogP contribution in [-0.2, 0) is 28.6 Å². The van der Waals surface area contributed by atoms with Crippen LogP contribution >= 0.6 is 0 Å². The summed E-state index contributed by atoms with van der Waals surface area (Å²) in [6.45, 7) is 9.61. The molecule has 9 nitrogen and oxygen atoms in total. The van der Waals surface area contributed by atoms with Gasteiger partial charge in [-0.3, -0.25) is 4.79 Å². The second kappa shape index (κ2) is 8.39. The Morgan fingerprint density at radius 3 is 2.20 bits per heavy atom. The zero-order chi connectivity index (χ0) is 22.9. The maximum absolute atomic E-state index is 15.4. The first kappa shape index (κ1) is 23.9. The lowest BCUT2D eigenvalue weighted by Gasteiger charge is -2.33. The summed E-state index contributed by atoms with van der Waals surface area (Å²) in [6.07, 6.45) is -0.471. The number of alkyl carbamates (subject to hydrolysis) is 1. The molecule has 0 unspecified atom stereocenters. The Morgan fingerprint density at radius 1 is 1.10 bits per heavy atom. The van der Waals surface area contributed by atoms with Crippen LogP contribution in [0.5, 0.6) is 0 Å². The van der Waals surface area contributed by atoms with Crippen LogP contribution in [0, 0.1) is 11.8 Å². The molecule has 0 spiro atoms. The minimum Gasteiger partial charge on any atom is -0.464 e. The van der Waals surface area contributed by atoms with E-state index >= 15 is 4.39 Å². The maximum atomic E-state index is 15.4. The van der Waals surface area contributed by atoms with Gasteiger partial charge >= 0.3 is 18.0 Å². The summed E-state index contributed by atoms with van der Waals surface area (Å²) in [6, 6.07) is -1.07. The van der Waals surface area contributed by atoms with Gasteiger partial charge in [0.2, 0.25) is 11.6 Å². The van der Waals surface area contributed by atoms with Gasteiger partial charge in [-0.2, -0.15) is 0 Å². The Bertz CT molecular complexity index is 722. The molecule has 0 aromatic rings. The molecular formula is C20H31FN2O7. The molecule has 0 aliphatic heterocycles. The molecule has 5 atom stereocenters. The van der Waals surface area contributed by atoms with Gasteiger partial charge in [0.05, 0.1) is 13.2 Å². The van der Waals surface area contributed by atoms with E-state index in [2.05, 4.69) is 10.6 Å². The molecule has 170 valence electrons. The molecule has 2 aliphatic carbocycles. The van der Waals surface area contributed by atoms with Crippen LogP contribution in [-0.4, -0.2) is 60.0 Å². The molecule has 2 rings (SSSR count). The summed E-state index contributed by atoms with van der Waals surface area (Å²) in [7, 11) is 0. The van der Waals surface area contributed by atoms with Crippen LogP contribution in [0.1, 0.15) is 54.4 Å². The van der Waals surface area contributed by atoms with Gasteiger partial charge in [0.25, 0.3) is 0 Å². The number of fused-ring (bicyclic) bond motifs is 1. The minimum atomic E-state index is -2.35. The highest BCUT2D eigenvalue weighted by molar-refractivity contribution is 5.96. The van der Waals surface area contributed by atoms with Crippen LogP contribution in [0.25, 0.3) is 0 Å². The Labute approximate surface area is 175 Å². The number of rotatable bonds is 7. The standard InChI is InChI=1S/C20H31FN2O7/c1-7-28-15(25)19(10-9-12-13(19)20(12,21)16(26)29-8-2)23-14(24)11(3)22-17(27)30-18(4,5)6/h11-13H,7-10H2,1-6H3,(H,22,27)(H,23,24)/t11-,12-,13-,19-,20-/m1/s1. The second-order valence-electron chi connectivity index (χ2n) is 8.66. The third kappa shape index (κ3) is 4.37. The highest BCUT2D eigenvalue weighted by atomic mass is 19.1. The van der Waals surface area contributed by atoms with E-state index in [4.69, 9.17) is 14.2 Å². The molecule has 2 saturated carbocycles. The fourth-order valence-electron chi connectivity index (χ4n) is 4.12. The molecule has 2 N–H and O–H groups in total. The van der Waals surface area contributed by atoms with Crippen LogP contribution in [0.4, 0.5) is 9.18 Å². The third-order valence-corrected chi connectivity index (χ3v) is 5.37. The van der Waals surface area contributed by atoms with E-state index in [-0.39, 0.29) is 26.1 Å².